The van der Waals surface area contributed by atoms with Crippen molar-refractivity contribution in [2.45, 2.75) is 32.0 Å². The Kier molecular flexibility index (Phi) is 5.17. The number of H-pyrrole nitrogens is 1. The number of carbonyl (C=O) groups excluding carboxylic acids is 1. The van der Waals surface area contributed by atoms with E-state index in [9.17, 15) is 9.18 Å². The highest BCUT2D eigenvalue weighted by Gasteiger charge is 2.21. The van der Waals surface area contributed by atoms with Crippen LogP contribution in [0.1, 0.15) is 19.8 Å². The molecule has 1 aromatic carbocycles. The molecule has 0 spiro atoms. The van der Waals surface area contributed by atoms with Gasteiger partial charge in [-0.15, -0.1) is 5.10 Å². The van der Waals surface area contributed by atoms with Gasteiger partial charge in [-0.2, -0.15) is 4.98 Å². The number of halogens is 1. The molecule has 2 unspecified atom stereocenters. The number of benzene rings is 1. The highest BCUT2D eigenvalue weighted by Crippen LogP contribution is 2.19. The maximum Gasteiger partial charge on any atom is 0.255 e. The van der Waals surface area contributed by atoms with Crippen LogP contribution < -0.4 is 5.32 Å². The topological polar surface area (TPSA) is 89.1 Å². The molecule has 2 heterocycles. The molecule has 1 saturated heterocycles. The van der Waals surface area contributed by atoms with Crippen LogP contribution in [0.25, 0.3) is 11.4 Å². The van der Waals surface area contributed by atoms with Gasteiger partial charge in [-0.3, -0.25) is 15.2 Å². The van der Waals surface area contributed by atoms with E-state index in [2.05, 4.69) is 20.5 Å². The van der Waals surface area contributed by atoms with Crippen LogP contribution in [-0.2, 0) is 14.3 Å². The Hall–Kier alpha value is -2.32. The van der Waals surface area contributed by atoms with Crippen LogP contribution in [0, 0.1) is 5.82 Å². The standard InChI is InChI=1S/C16H19FN4O3/c1-10(24-9-11-5-4-8-23-11)15(22)19-16-18-14(20-21-16)12-6-2-3-7-13(12)17/h2-3,6-7,10-11H,4-5,8-9H2,1H3,(H2,18,19,20,21,22). The monoisotopic (exact) mass is 334 g/mol. The molecule has 128 valence electrons. The zero-order valence-electron chi connectivity index (χ0n) is 13.3. The molecule has 8 heteroatoms. The van der Waals surface area contributed by atoms with Crippen molar-refractivity contribution in [2.75, 3.05) is 18.5 Å². The first-order chi connectivity index (χ1) is 11.6. The first-order valence-corrected chi connectivity index (χ1v) is 7.85. The fourth-order valence-electron chi connectivity index (χ4n) is 2.41. The molecule has 1 aliphatic heterocycles. The second kappa shape index (κ2) is 7.50. The number of anilines is 1. The van der Waals surface area contributed by atoms with Crippen molar-refractivity contribution in [1.29, 1.82) is 0 Å². The number of nitrogens with zero attached hydrogens (tertiary/aromatic N) is 2. The van der Waals surface area contributed by atoms with E-state index in [1.807, 2.05) is 0 Å². The van der Waals surface area contributed by atoms with E-state index in [-0.39, 0.29) is 29.3 Å². The van der Waals surface area contributed by atoms with E-state index in [1.165, 1.54) is 6.07 Å². The van der Waals surface area contributed by atoms with Gasteiger partial charge in [0.25, 0.3) is 5.91 Å². The third-order valence-corrected chi connectivity index (χ3v) is 3.77. The van der Waals surface area contributed by atoms with Crippen LogP contribution in [0.4, 0.5) is 10.3 Å². The molecule has 24 heavy (non-hydrogen) atoms. The molecule has 0 bridgehead atoms. The molecule has 7 nitrogen and oxygen atoms in total. The Labute approximate surface area is 138 Å². The van der Waals surface area contributed by atoms with Crippen LogP contribution in [0.5, 0.6) is 0 Å². The normalized spacial score (nSPS) is 18.5. The van der Waals surface area contributed by atoms with Crippen LogP contribution in [0.3, 0.4) is 0 Å². The van der Waals surface area contributed by atoms with Crippen molar-refractivity contribution < 1.29 is 18.7 Å². The third kappa shape index (κ3) is 3.95. The number of amides is 1. The van der Waals surface area contributed by atoms with E-state index < -0.39 is 11.9 Å². The predicted octanol–water partition coefficient (Wildman–Crippen LogP) is 2.13. The number of ether oxygens (including phenoxy) is 2. The molecule has 2 atom stereocenters. The van der Waals surface area contributed by atoms with Gasteiger partial charge in [0.1, 0.15) is 11.9 Å². The summed E-state index contributed by atoms with van der Waals surface area (Å²) >= 11 is 0. The summed E-state index contributed by atoms with van der Waals surface area (Å²) in [6.45, 7) is 2.77. The summed E-state index contributed by atoms with van der Waals surface area (Å²) in [5, 5.41) is 9.03. The lowest BCUT2D eigenvalue weighted by molar-refractivity contribution is -0.128. The lowest BCUT2D eigenvalue weighted by Crippen LogP contribution is -2.30. The number of rotatable bonds is 6. The molecule has 0 saturated carbocycles. The molecular formula is C16H19FN4O3. The molecule has 2 aromatic rings. The molecule has 2 N–H and O–H groups in total. The summed E-state index contributed by atoms with van der Waals surface area (Å²) in [5.41, 5.74) is 0.285. The Bertz CT molecular complexity index is 700. The molecule has 1 fully saturated rings. The van der Waals surface area contributed by atoms with Crippen LogP contribution in [0.15, 0.2) is 24.3 Å². The van der Waals surface area contributed by atoms with E-state index in [0.29, 0.717) is 6.61 Å². The fourth-order valence-corrected chi connectivity index (χ4v) is 2.41. The summed E-state index contributed by atoms with van der Waals surface area (Å²) in [7, 11) is 0. The minimum absolute atomic E-state index is 0.0522. The minimum Gasteiger partial charge on any atom is -0.376 e. The first-order valence-electron chi connectivity index (χ1n) is 7.85. The van der Waals surface area contributed by atoms with Crippen molar-refractivity contribution in [2.24, 2.45) is 0 Å². The maximum absolute atomic E-state index is 13.7. The molecule has 0 aliphatic carbocycles. The summed E-state index contributed by atoms with van der Waals surface area (Å²) in [6, 6.07) is 6.19. The zero-order valence-corrected chi connectivity index (χ0v) is 13.3. The molecule has 1 amide bonds. The van der Waals surface area contributed by atoms with Crippen molar-refractivity contribution in [3.8, 4) is 11.4 Å². The van der Waals surface area contributed by atoms with E-state index in [4.69, 9.17) is 9.47 Å². The summed E-state index contributed by atoms with van der Waals surface area (Å²) in [5.74, 6) is -0.464. The first kappa shape index (κ1) is 16.5. The molecule has 1 aromatic heterocycles. The predicted molar refractivity (Wildman–Crippen MR) is 84.8 cm³/mol. The van der Waals surface area contributed by atoms with Crippen molar-refractivity contribution in [3.05, 3.63) is 30.1 Å². The Morgan fingerprint density at radius 1 is 1.54 bits per heavy atom. The minimum atomic E-state index is -0.662. The van der Waals surface area contributed by atoms with Gasteiger partial charge in [0.2, 0.25) is 5.95 Å². The second-order valence-corrected chi connectivity index (χ2v) is 5.59. The average Bonchev–Trinajstić information content (AvgIpc) is 3.24. The van der Waals surface area contributed by atoms with Crippen molar-refractivity contribution >= 4 is 11.9 Å². The number of aromatic amines is 1. The van der Waals surface area contributed by atoms with Gasteiger partial charge in [-0.25, -0.2) is 4.39 Å². The highest BCUT2D eigenvalue weighted by atomic mass is 19.1. The number of aromatic nitrogens is 3. The van der Waals surface area contributed by atoms with Gasteiger partial charge in [-0.1, -0.05) is 12.1 Å². The average molecular weight is 334 g/mol. The molecule has 3 rings (SSSR count). The van der Waals surface area contributed by atoms with E-state index in [0.717, 1.165) is 19.4 Å². The van der Waals surface area contributed by atoms with Gasteiger partial charge in [0, 0.05) is 6.61 Å². The molecule has 0 radical (unpaired) electrons. The molecular weight excluding hydrogens is 315 g/mol. The van der Waals surface area contributed by atoms with E-state index in [1.54, 1.807) is 25.1 Å². The third-order valence-electron chi connectivity index (χ3n) is 3.77. The summed E-state index contributed by atoms with van der Waals surface area (Å²) < 4.78 is 24.7. The number of carbonyl (C=O) groups is 1. The number of hydrogen-bond acceptors (Lipinski definition) is 5. The van der Waals surface area contributed by atoms with Gasteiger partial charge in [-0.05, 0) is 31.9 Å². The van der Waals surface area contributed by atoms with Crippen molar-refractivity contribution in [3.63, 3.8) is 0 Å². The fraction of sp³-hybridized carbons (Fsp3) is 0.438. The van der Waals surface area contributed by atoms with Crippen LogP contribution >= 0.6 is 0 Å². The molecule has 1 aliphatic rings. The van der Waals surface area contributed by atoms with Gasteiger partial charge < -0.3 is 9.47 Å². The van der Waals surface area contributed by atoms with Crippen LogP contribution in [-0.4, -0.2) is 46.5 Å². The van der Waals surface area contributed by atoms with Gasteiger partial charge >= 0.3 is 0 Å². The lowest BCUT2D eigenvalue weighted by Gasteiger charge is -2.15. The van der Waals surface area contributed by atoms with Crippen LogP contribution in [0.2, 0.25) is 0 Å². The Morgan fingerprint density at radius 3 is 3.12 bits per heavy atom. The maximum atomic E-state index is 13.7. The number of nitrogens with one attached hydrogen (secondary N) is 2. The number of hydrogen-bond donors (Lipinski definition) is 2. The smallest absolute Gasteiger partial charge is 0.255 e. The van der Waals surface area contributed by atoms with Crippen molar-refractivity contribution in [1.82, 2.24) is 15.2 Å². The Morgan fingerprint density at radius 2 is 2.38 bits per heavy atom. The Balaban J connectivity index is 1.55. The zero-order chi connectivity index (χ0) is 16.9. The summed E-state index contributed by atoms with van der Waals surface area (Å²) in [4.78, 5) is 16.2. The largest absolute Gasteiger partial charge is 0.376 e. The highest BCUT2D eigenvalue weighted by molar-refractivity contribution is 5.92. The van der Waals surface area contributed by atoms with Gasteiger partial charge in [0.05, 0.1) is 18.3 Å². The summed E-state index contributed by atoms with van der Waals surface area (Å²) in [6.07, 6.45) is 1.35. The second-order valence-electron chi connectivity index (χ2n) is 5.59. The van der Waals surface area contributed by atoms with Gasteiger partial charge in [0.15, 0.2) is 5.82 Å². The SMILES string of the molecule is CC(OCC1CCCO1)C(=O)Nc1n[nH]c(-c2ccccc2F)n1. The lowest BCUT2D eigenvalue weighted by atomic mass is 10.2. The van der Waals surface area contributed by atoms with E-state index >= 15 is 0 Å². The quantitative estimate of drug-likeness (QED) is 0.845.